The molecule has 1 saturated heterocycles. The van der Waals surface area contributed by atoms with Crippen molar-refractivity contribution in [2.75, 3.05) is 0 Å². The van der Waals surface area contributed by atoms with Crippen LogP contribution in [0.3, 0.4) is 0 Å². The molecule has 1 aliphatic heterocycles. The normalized spacial score (nSPS) is 24.8. The summed E-state index contributed by atoms with van der Waals surface area (Å²) in [6.45, 7) is 17.2. The van der Waals surface area contributed by atoms with Crippen LogP contribution in [-0.4, -0.2) is 11.9 Å². The first-order valence-corrected chi connectivity index (χ1v) is 8.76. The van der Waals surface area contributed by atoms with E-state index in [0.29, 0.717) is 11.8 Å². The van der Waals surface area contributed by atoms with E-state index >= 15 is 0 Å². The minimum atomic E-state index is -0.339. The summed E-state index contributed by atoms with van der Waals surface area (Å²) in [7, 11) is 0. The van der Waals surface area contributed by atoms with Gasteiger partial charge in [-0.25, -0.2) is 0 Å². The van der Waals surface area contributed by atoms with Gasteiger partial charge in [-0.3, -0.25) is 9.59 Å². The number of rotatable bonds is 7. The molecule has 3 heteroatoms. The van der Waals surface area contributed by atoms with E-state index in [2.05, 4.69) is 55.4 Å². The fraction of sp³-hybridized carbons (Fsp3) is 0.895. The SMILES string of the molecule is CCCC(C)(C)C1C(=O)OC(=O)C1C(C)(C)C(CC)C(C)C. The third-order valence-electron chi connectivity index (χ3n) is 5.78. The highest BCUT2D eigenvalue weighted by molar-refractivity contribution is 5.97. The third kappa shape index (κ3) is 3.38. The smallest absolute Gasteiger partial charge is 0.318 e. The van der Waals surface area contributed by atoms with Gasteiger partial charge in [0.15, 0.2) is 0 Å². The molecular weight excluding hydrogens is 276 g/mol. The highest BCUT2D eigenvalue weighted by Gasteiger charge is 2.58. The zero-order valence-electron chi connectivity index (χ0n) is 15.7. The summed E-state index contributed by atoms with van der Waals surface area (Å²) in [5, 5.41) is 0. The molecular formula is C19H34O3. The largest absolute Gasteiger partial charge is 0.393 e. The lowest BCUT2D eigenvalue weighted by Gasteiger charge is -2.44. The van der Waals surface area contributed by atoms with E-state index in [1.165, 1.54) is 0 Å². The van der Waals surface area contributed by atoms with Crippen LogP contribution in [0.25, 0.3) is 0 Å². The summed E-state index contributed by atoms with van der Waals surface area (Å²) in [6.07, 6.45) is 2.92. The molecule has 3 nitrogen and oxygen atoms in total. The van der Waals surface area contributed by atoms with Crippen molar-refractivity contribution < 1.29 is 14.3 Å². The molecule has 0 bridgehead atoms. The maximum Gasteiger partial charge on any atom is 0.318 e. The summed E-state index contributed by atoms with van der Waals surface area (Å²) >= 11 is 0. The number of hydrogen-bond acceptors (Lipinski definition) is 3. The highest BCUT2D eigenvalue weighted by atomic mass is 16.6. The number of carbonyl (C=O) groups is 2. The van der Waals surface area contributed by atoms with Crippen LogP contribution in [0.4, 0.5) is 0 Å². The Hall–Kier alpha value is -0.860. The lowest BCUT2D eigenvalue weighted by molar-refractivity contribution is -0.155. The first-order valence-electron chi connectivity index (χ1n) is 8.76. The topological polar surface area (TPSA) is 43.4 Å². The number of ether oxygens (including phenoxy) is 1. The fourth-order valence-corrected chi connectivity index (χ4v) is 4.89. The zero-order chi connectivity index (χ0) is 17.3. The minimum Gasteiger partial charge on any atom is -0.393 e. The fourth-order valence-electron chi connectivity index (χ4n) is 4.89. The zero-order valence-corrected chi connectivity index (χ0v) is 15.7. The molecule has 0 aromatic heterocycles. The second kappa shape index (κ2) is 6.72. The second-order valence-electron chi connectivity index (χ2n) is 8.51. The van der Waals surface area contributed by atoms with E-state index in [4.69, 9.17) is 4.74 Å². The summed E-state index contributed by atoms with van der Waals surface area (Å²) in [6, 6.07) is 0. The van der Waals surface area contributed by atoms with Crippen molar-refractivity contribution in [1.82, 2.24) is 0 Å². The van der Waals surface area contributed by atoms with Gasteiger partial charge in [0.25, 0.3) is 0 Å². The molecule has 128 valence electrons. The van der Waals surface area contributed by atoms with Gasteiger partial charge in [-0.2, -0.15) is 0 Å². The van der Waals surface area contributed by atoms with E-state index in [0.717, 1.165) is 19.3 Å². The number of esters is 2. The van der Waals surface area contributed by atoms with Crippen molar-refractivity contribution in [2.45, 2.75) is 74.7 Å². The van der Waals surface area contributed by atoms with E-state index in [9.17, 15) is 9.59 Å². The Kier molecular flexibility index (Phi) is 5.86. The first-order chi connectivity index (χ1) is 10.0. The van der Waals surface area contributed by atoms with Crippen LogP contribution >= 0.6 is 0 Å². The Labute approximate surface area is 136 Å². The van der Waals surface area contributed by atoms with Gasteiger partial charge in [-0.15, -0.1) is 0 Å². The monoisotopic (exact) mass is 310 g/mol. The van der Waals surface area contributed by atoms with Crippen LogP contribution in [-0.2, 0) is 14.3 Å². The molecule has 0 saturated carbocycles. The Bertz CT molecular complexity index is 420. The molecule has 0 aromatic rings. The maximum atomic E-state index is 12.5. The van der Waals surface area contributed by atoms with Gasteiger partial charge in [0, 0.05) is 0 Å². The molecule has 1 aliphatic rings. The summed E-state index contributed by atoms with van der Waals surface area (Å²) in [4.78, 5) is 24.9. The van der Waals surface area contributed by atoms with Gasteiger partial charge in [-0.1, -0.05) is 68.2 Å². The summed E-state index contributed by atoms with van der Waals surface area (Å²) in [5.74, 6) is -0.450. The van der Waals surface area contributed by atoms with Gasteiger partial charge in [0.05, 0.1) is 11.8 Å². The van der Waals surface area contributed by atoms with Crippen LogP contribution in [0.2, 0.25) is 0 Å². The molecule has 3 atom stereocenters. The number of hydrogen-bond donors (Lipinski definition) is 0. The second-order valence-corrected chi connectivity index (χ2v) is 8.51. The van der Waals surface area contributed by atoms with Crippen LogP contribution in [0.1, 0.15) is 74.7 Å². The molecule has 22 heavy (non-hydrogen) atoms. The van der Waals surface area contributed by atoms with Gasteiger partial charge in [-0.05, 0) is 29.1 Å². The third-order valence-corrected chi connectivity index (χ3v) is 5.78. The molecule has 1 rings (SSSR count). The molecule has 0 N–H and O–H groups in total. The predicted octanol–water partition coefficient (Wildman–Crippen LogP) is 4.84. The lowest BCUT2D eigenvalue weighted by Crippen LogP contribution is -2.45. The summed E-state index contributed by atoms with van der Waals surface area (Å²) in [5.41, 5.74) is -0.461. The average molecular weight is 310 g/mol. The van der Waals surface area contributed by atoms with E-state index in [1.54, 1.807) is 0 Å². The van der Waals surface area contributed by atoms with Crippen molar-refractivity contribution in [2.24, 2.45) is 34.5 Å². The Balaban J connectivity index is 3.28. The molecule has 0 amide bonds. The van der Waals surface area contributed by atoms with Crippen molar-refractivity contribution in [3.8, 4) is 0 Å². The van der Waals surface area contributed by atoms with Gasteiger partial charge in [0.2, 0.25) is 0 Å². The van der Waals surface area contributed by atoms with Crippen LogP contribution in [0, 0.1) is 34.5 Å². The quantitative estimate of drug-likeness (QED) is 0.499. The van der Waals surface area contributed by atoms with Gasteiger partial charge >= 0.3 is 11.9 Å². The number of cyclic esters (lactones) is 2. The molecule has 0 aliphatic carbocycles. The minimum absolute atomic E-state index is 0.213. The van der Waals surface area contributed by atoms with Crippen molar-refractivity contribution in [1.29, 1.82) is 0 Å². The van der Waals surface area contributed by atoms with Crippen molar-refractivity contribution >= 4 is 11.9 Å². The Morgan fingerprint density at radius 1 is 1.00 bits per heavy atom. The average Bonchev–Trinajstić information content (AvgIpc) is 2.65. The maximum absolute atomic E-state index is 12.5. The Morgan fingerprint density at radius 2 is 1.50 bits per heavy atom. The van der Waals surface area contributed by atoms with Crippen molar-refractivity contribution in [3.05, 3.63) is 0 Å². The van der Waals surface area contributed by atoms with Crippen LogP contribution in [0.5, 0.6) is 0 Å². The van der Waals surface area contributed by atoms with Crippen LogP contribution in [0.15, 0.2) is 0 Å². The predicted molar refractivity (Wildman–Crippen MR) is 89.2 cm³/mol. The number of carbonyl (C=O) groups excluding carboxylic acids is 2. The van der Waals surface area contributed by atoms with Crippen LogP contribution < -0.4 is 0 Å². The van der Waals surface area contributed by atoms with Gasteiger partial charge in [0.1, 0.15) is 0 Å². The molecule has 1 fully saturated rings. The highest BCUT2D eigenvalue weighted by Crippen LogP contribution is 2.53. The lowest BCUT2D eigenvalue weighted by atomic mass is 9.57. The first kappa shape index (κ1) is 19.2. The van der Waals surface area contributed by atoms with Crippen molar-refractivity contribution in [3.63, 3.8) is 0 Å². The Morgan fingerprint density at radius 3 is 1.91 bits per heavy atom. The molecule has 3 unspecified atom stereocenters. The standard InChI is InChI=1S/C19H34O3/c1-9-11-18(5,6)14-15(17(21)22-16(14)20)19(7,8)13(10-2)12(3)4/h12-15H,9-11H2,1-8H3. The molecule has 0 spiro atoms. The van der Waals surface area contributed by atoms with E-state index in [-0.39, 0.29) is 34.6 Å². The molecule has 0 radical (unpaired) electrons. The van der Waals surface area contributed by atoms with E-state index < -0.39 is 0 Å². The molecule has 1 heterocycles. The van der Waals surface area contributed by atoms with Gasteiger partial charge < -0.3 is 4.74 Å². The van der Waals surface area contributed by atoms with E-state index in [1.807, 2.05) is 0 Å². The molecule has 0 aromatic carbocycles. The summed E-state index contributed by atoms with van der Waals surface area (Å²) < 4.78 is 5.10.